The number of aromatic nitrogens is 1. The smallest absolute Gasteiger partial charge is 0.497 e. The molecule has 0 atom stereocenters. The van der Waals surface area contributed by atoms with Gasteiger partial charge in [-0.2, -0.15) is 0 Å². The normalized spacial score (nSPS) is 11.1. The zero-order chi connectivity index (χ0) is 20.0. The van der Waals surface area contributed by atoms with Gasteiger partial charge in [-0.3, -0.25) is 4.57 Å². The number of ether oxygens (including phenoxy) is 4. The summed E-state index contributed by atoms with van der Waals surface area (Å²) in [4.78, 5) is 25.8. The standard InChI is InChI=1S/C19H26N2O6/c1-13(2)27-19(23)26-12-25-18(22)21-11-14(8-9-20(3)4)16-10-15(24-5)6-7-17(16)21/h6-7,10-11,13H,8-9,12H2,1-5H3. The molecule has 148 valence electrons. The largest absolute Gasteiger partial charge is 0.511 e. The summed E-state index contributed by atoms with van der Waals surface area (Å²) in [5.74, 6) is 0.708. The van der Waals surface area contributed by atoms with Gasteiger partial charge in [-0.05, 0) is 58.1 Å². The Balaban J connectivity index is 2.16. The van der Waals surface area contributed by atoms with Gasteiger partial charge in [0, 0.05) is 18.1 Å². The van der Waals surface area contributed by atoms with Crippen molar-refractivity contribution in [3.63, 3.8) is 0 Å². The molecule has 8 nitrogen and oxygen atoms in total. The Hall–Kier alpha value is -2.74. The molecule has 0 aliphatic rings. The van der Waals surface area contributed by atoms with Gasteiger partial charge in [-0.25, -0.2) is 9.59 Å². The molecule has 2 rings (SSSR count). The molecule has 1 aromatic carbocycles. The van der Waals surface area contributed by atoms with Gasteiger partial charge >= 0.3 is 12.2 Å². The molecule has 0 aliphatic heterocycles. The summed E-state index contributed by atoms with van der Waals surface area (Å²) in [7, 11) is 5.57. The van der Waals surface area contributed by atoms with Gasteiger partial charge in [0.2, 0.25) is 6.79 Å². The lowest BCUT2D eigenvalue weighted by Crippen LogP contribution is -2.19. The van der Waals surface area contributed by atoms with Crippen molar-refractivity contribution in [3.8, 4) is 5.75 Å². The van der Waals surface area contributed by atoms with Crippen LogP contribution < -0.4 is 4.74 Å². The highest BCUT2D eigenvalue weighted by atomic mass is 16.8. The Morgan fingerprint density at radius 1 is 1.19 bits per heavy atom. The van der Waals surface area contributed by atoms with Crippen molar-refractivity contribution in [2.24, 2.45) is 0 Å². The predicted octanol–water partition coefficient (Wildman–Crippen LogP) is 3.26. The van der Waals surface area contributed by atoms with Crippen LogP contribution in [0.25, 0.3) is 10.9 Å². The molecule has 8 heteroatoms. The minimum absolute atomic E-state index is 0.309. The molecule has 0 saturated carbocycles. The number of benzene rings is 1. The van der Waals surface area contributed by atoms with Crippen molar-refractivity contribution in [3.05, 3.63) is 30.0 Å². The summed E-state index contributed by atoms with van der Waals surface area (Å²) in [6.07, 6.45) is 0.664. The lowest BCUT2D eigenvalue weighted by molar-refractivity contribution is -0.0239. The maximum Gasteiger partial charge on any atom is 0.511 e. The molecule has 0 amide bonds. The number of carbonyl (C=O) groups is 2. The minimum atomic E-state index is -0.883. The van der Waals surface area contributed by atoms with Crippen LogP contribution in [0.1, 0.15) is 19.4 Å². The first-order valence-electron chi connectivity index (χ1n) is 8.65. The maximum absolute atomic E-state index is 12.4. The van der Waals surface area contributed by atoms with Crippen LogP contribution in [0.15, 0.2) is 24.4 Å². The van der Waals surface area contributed by atoms with Gasteiger partial charge in [0.25, 0.3) is 0 Å². The zero-order valence-corrected chi connectivity index (χ0v) is 16.4. The highest BCUT2D eigenvalue weighted by Crippen LogP contribution is 2.27. The number of hydrogen-bond acceptors (Lipinski definition) is 7. The van der Waals surface area contributed by atoms with E-state index < -0.39 is 19.0 Å². The molecule has 0 bridgehead atoms. The molecule has 0 fully saturated rings. The quantitative estimate of drug-likeness (QED) is 0.540. The van der Waals surface area contributed by atoms with Crippen LogP contribution in [-0.4, -0.2) is 62.4 Å². The zero-order valence-electron chi connectivity index (χ0n) is 16.4. The summed E-state index contributed by atoms with van der Waals surface area (Å²) >= 11 is 0. The third-order valence-corrected chi connectivity index (χ3v) is 3.81. The molecular formula is C19H26N2O6. The fourth-order valence-corrected chi connectivity index (χ4v) is 2.52. The van der Waals surface area contributed by atoms with Crippen LogP contribution in [-0.2, 0) is 20.6 Å². The van der Waals surface area contributed by atoms with Crippen molar-refractivity contribution in [2.45, 2.75) is 26.4 Å². The predicted molar refractivity (Wildman–Crippen MR) is 100 cm³/mol. The monoisotopic (exact) mass is 378 g/mol. The lowest BCUT2D eigenvalue weighted by atomic mass is 10.1. The number of methoxy groups -OCH3 is 1. The Morgan fingerprint density at radius 2 is 1.93 bits per heavy atom. The second-order valence-corrected chi connectivity index (χ2v) is 6.55. The number of fused-ring (bicyclic) bond motifs is 1. The number of hydrogen-bond donors (Lipinski definition) is 0. The van der Waals surface area contributed by atoms with E-state index in [0.717, 1.165) is 23.9 Å². The Bertz CT molecular complexity index is 797. The van der Waals surface area contributed by atoms with Crippen LogP contribution in [0.4, 0.5) is 9.59 Å². The highest BCUT2D eigenvalue weighted by Gasteiger charge is 2.16. The minimum Gasteiger partial charge on any atom is -0.497 e. The van der Waals surface area contributed by atoms with Gasteiger partial charge < -0.3 is 23.8 Å². The van der Waals surface area contributed by atoms with Crippen molar-refractivity contribution in [2.75, 3.05) is 34.5 Å². The third kappa shape index (κ3) is 5.62. The summed E-state index contributed by atoms with van der Waals surface area (Å²) in [6.45, 7) is 3.70. The van der Waals surface area contributed by atoms with Crippen molar-refractivity contribution in [1.82, 2.24) is 9.47 Å². The summed E-state index contributed by atoms with van der Waals surface area (Å²) in [6, 6.07) is 5.46. The number of carbonyl (C=O) groups excluding carboxylic acids is 2. The fourth-order valence-electron chi connectivity index (χ4n) is 2.52. The first-order chi connectivity index (χ1) is 12.8. The number of rotatable bonds is 7. The van der Waals surface area contributed by atoms with E-state index >= 15 is 0 Å². The van der Waals surface area contributed by atoms with Crippen molar-refractivity contribution >= 4 is 23.2 Å². The first kappa shape index (κ1) is 20.6. The van der Waals surface area contributed by atoms with E-state index in [1.807, 2.05) is 20.2 Å². The van der Waals surface area contributed by atoms with Gasteiger partial charge in [0.05, 0.1) is 18.7 Å². The lowest BCUT2D eigenvalue weighted by Gasteiger charge is -2.09. The average molecular weight is 378 g/mol. The average Bonchev–Trinajstić information content (AvgIpc) is 2.97. The topological polar surface area (TPSA) is 79.2 Å². The summed E-state index contributed by atoms with van der Waals surface area (Å²) in [5, 5.41) is 0.910. The van der Waals surface area contributed by atoms with Crippen LogP contribution in [0, 0.1) is 0 Å². The molecular weight excluding hydrogens is 352 g/mol. The second kappa shape index (κ2) is 9.27. The molecule has 1 heterocycles. The van der Waals surface area contributed by atoms with Crippen LogP contribution in [0.2, 0.25) is 0 Å². The molecule has 27 heavy (non-hydrogen) atoms. The fraction of sp³-hybridized carbons (Fsp3) is 0.474. The molecule has 0 radical (unpaired) electrons. The highest BCUT2D eigenvalue weighted by molar-refractivity contribution is 5.92. The van der Waals surface area contributed by atoms with Crippen molar-refractivity contribution < 1.29 is 28.5 Å². The van der Waals surface area contributed by atoms with E-state index in [1.165, 1.54) is 4.57 Å². The van der Waals surface area contributed by atoms with Gasteiger partial charge in [0.15, 0.2) is 0 Å². The SMILES string of the molecule is COc1ccc2c(c1)c(CCN(C)C)cn2C(=O)OCOC(=O)OC(C)C. The van der Waals surface area contributed by atoms with Gasteiger partial charge in [-0.15, -0.1) is 0 Å². The van der Waals surface area contributed by atoms with E-state index in [2.05, 4.69) is 4.90 Å². The molecule has 0 saturated heterocycles. The molecule has 0 N–H and O–H groups in total. The molecule has 1 aromatic heterocycles. The Morgan fingerprint density at radius 3 is 2.56 bits per heavy atom. The molecule has 0 unspecified atom stereocenters. The van der Waals surface area contributed by atoms with Crippen LogP contribution in [0.3, 0.4) is 0 Å². The van der Waals surface area contributed by atoms with Crippen LogP contribution >= 0.6 is 0 Å². The molecule has 0 aliphatic carbocycles. The van der Waals surface area contributed by atoms with E-state index in [0.29, 0.717) is 11.3 Å². The van der Waals surface area contributed by atoms with Gasteiger partial charge in [0.1, 0.15) is 5.75 Å². The van der Waals surface area contributed by atoms with E-state index in [1.54, 1.807) is 39.3 Å². The van der Waals surface area contributed by atoms with Crippen molar-refractivity contribution in [1.29, 1.82) is 0 Å². The van der Waals surface area contributed by atoms with E-state index in [4.69, 9.17) is 18.9 Å². The third-order valence-electron chi connectivity index (χ3n) is 3.81. The Kier molecular flexibility index (Phi) is 7.06. The first-order valence-corrected chi connectivity index (χ1v) is 8.65. The van der Waals surface area contributed by atoms with Gasteiger partial charge in [-0.1, -0.05) is 0 Å². The molecule has 0 spiro atoms. The summed E-state index contributed by atoms with van der Waals surface area (Å²) < 4.78 is 21.3. The van der Waals surface area contributed by atoms with E-state index in [9.17, 15) is 9.59 Å². The number of nitrogens with zero attached hydrogens (tertiary/aromatic N) is 2. The molecule has 2 aromatic rings. The van der Waals surface area contributed by atoms with Crippen LogP contribution in [0.5, 0.6) is 5.75 Å². The van der Waals surface area contributed by atoms with E-state index in [-0.39, 0.29) is 6.10 Å². The number of likely N-dealkylation sites (N-methyl/N-ethyl adjacent to an activating group) is 1. The maximum atomic E-state index is 12.4. The summed E-state index contributed by atoms with van der Waals surface area (Å²) in [5.41, 5.74) is 1.69. The second-order valence-electron chi connectivity index (χ2n) is 6.55. The Labute approximate surface area is 158 Å².